The van der Waals surface area contributed by atoms with Crippen LogP contribution >= 0.6 is 0 Å². The van der Waals surface area contributed by atoms with Gasteiger partial charge in [-0.3, -0.25) is 9.59 Å². The first kappa shape index (κ1) is 23.4. The number of fused-ring (bicyclic) bond motifs is 4. The fraction of sp³-hybridized carbons (Fsp3) is 0.464. The van der Waals surface area contributed by atoms with Crippen molar-refractivity contribution < 1.29 is 24.2 Å². The molecule has 2 aromatic rings. The van der Waals surface area contributed by atoms with Crippen LogP contribution in [0.5, 0.6) is 0 Å². The normalized spacial score (nSPS) is 22.7. The van der Waals surface area contributed by atoms with Gasteiger partial charge in [-0.25, -0.2) is 4.79 Å². The van der Waals surface area contributed by atoms with Gasteiger partial charge >= 0.3 is 12.1 Å². The summed E-state index contributed by atoms with van der Waals surface area (Å²) in [6.07, 6.45) is 2.92. The molecule has 4 aliphatic rings. The molecular weight excluding hydrogens is 444 g/mol. The average Bonchev–Trinajstić information content (AvgIpc) is 3.52. The van der Waals surface area contributed by atoms with Gasteiger partial charge in [-0.05, 0) is 41.0 Å². The second-order valence-electron chi connectivity index (χ2n) is 9.99. The molecule has 3 unspecified atom stereocenters. The Kier molecular flexibility index (Phi) is 6.50. The number of carboxylic acid groups (broad SMARTS) is 1. The summed E-state index contributed by atoms with van der Waals surface area (Å²) < 4.78 is 5.68. The molecule has 2 bridgehead atoms. The lowest BCUT2D eigenvalue weighted by Gasteiger charge is -2.33. The van der Waals surface area contributed by atoms with Gasteiger partial charge < -0.3 is 20.1 Å². The zero-order valence-electron chi connectivity index (χ0n) is 20.0. The molecule has 2 N–H and O–H groups in total. The van der Waals surface area contributed by atoms with E-state index in [1.165, 1.54) is 11.1 Å². The number of rotatable bonds is 9. The van der Waals surface area contributed by atoms with Gasteiger partial charge in [0.25, 0.3) is 0 Å². The van der Waals surface area contributed by atoms with E-state index in [2.05, 4.69) is 36.5 Å². The Morgan fingerprint density at radius 2 is 1.74 bits per heavy atom. The minimum Gasteiger partial charge on any atom is -0.481 e. The lowest BCUT2D eigenvalue weighted by molar-refractivity contribution is -0.148. The highest BCUT2D eigenvalue weighted by Gasteiger charge is 2.57. The molecule has 2 saturated heterocycles. The second kappa shape index (κ2) is 9.72. The number of unbranched alkanes of at least 4 members (excludes halogenated alkanes) is 1. The lowest BCUT2D eigenvalue weighted by atomic mass is 9.74. The lowest BCUT2D eigenvalue weighted by Crippen LogP contribution is -2.46. The van der Waals surface area contributed by atoms with Crippen molar-refractivity contribution in [2.24, 2.45) is 11.8 Å². The zero-order valence-corrected chi connectivity index (χ0v) is 20.0. The summed E-state index contributed by atoms with van der Waals surface area (Å²) in [6.45, 7) is 2.80. The van der Waals surface area contributed by atoms with Gasteiger partial charge in [-0.2, -0.15) is 0 Å². The summed E-state index contributed by atoms with van der Waals surface area (Å²) >= 11 is 0. The number of alkyl carbamates (subject to hydrolysis) is 1. The van der Waals surface area contributed by atoms with Gasteiger partial charge in [0.2, 0.25) is 5.91 Å². The quantitative estimate of drug-likeness (QED) is 0.559. The largest absolute Gasteiger partial charge is 0.481 e. The molecule has 2 aromatic carbocycles. The predicted octanol–water partition coefficient (Wildman–Crippen LogP) is 4.41. The van der Waals surface area contributed by atoms with E-state index >= 15 is 0 Å². The van der Waals surface area contributed by atoms with Crippen LogP contribution < -0.4 is 5.32 Å². The van der Waals surface area contributed by atoms with Crippen LogP contribution in [0.2, 0.25) is 0 Å². The molecule has 0 radical (unpaired) electrons. The third-order valence-corrected chi connectivity index (χ3v) is 7.90. The Labute approximate surface area is 205 Å². The van der Waals surface area contributed by atoms with Gasteiger partial charge in [0, 0.05) is 31.0 Å². The highest BCUT2D eigenvalue weighted by atomic mass is 16.5. The molecule has 7 heteroatoms. The molecule has 2 aliphatic carbocycles. The first-order valence-corrected chi connectivity index (χ1v) is 12.6. The Balaban J connectivity index is 1.20. The number of nitrogens with zero attached hydrogens (tertiary/aromatic N) is 1. The number of carbonyl (C=O) groups excluding carboxylic acids is 2. The minimum atomic E-state index is -0.819. The van der Waals surface area contributed by atoms with Gasteiger partial charge in [-0.15, -0.1) is 0 Å². The molecule has 7 nitrogen and oxygen atoms in total. The van der Waals surface area contributed by atoms with E-state index in [9.17, 15) is 19.5 Å². The number of benzene rings is 2. The maximum absolute atomic E-state index is 13.0. The number of carboxylic acids is 1. The van der Waals surface area contributed by atoms with Crippen LogP contribution in [0.15, 0.2) is 48.5 Å². The van der Waals surface area contributed by atoms with E-state index in [-0.39, 0.29) is 42.9 Å². The monoisotopic (exact) mass is 476 g/mol. The third-order valence-electron chi connectivity index (χ3n) is 7.90. The first-order chi connectivity index (χ1) is 17.0. The van der Waals surface area contributed by atoms with Crippen LogP contribution in [0, 0.1) is 11.8 Å². The second-order valence-corrected chi connectivity index (χ2v) is 9.99. The Bertz CT molecular complexity index is 1090. The maximum atomic E-state index is 13.0. The van der Waals surface area contributed by atoms with Gasteiger partial charge in [0.15, 0.2) is 0 Å². The molecule has 4 atom stereocenters. The van der Waals surface area contributed by atoms with Crippen LogP contribution in [-0.2, 0) is 14.3 Å². The fourth-order valence-corrected chi connectivity index (χ4v) is 6.08. The number of hydrogen-bond acceptors (Lipinski definition) is 4. The van der Waals surface area contributed by atoms with E-state index in [1.807, 2.05) is 24.3 Å². The number of carbonyl (C=O) groups is 3. The molecule has 2 heterocycles. The average molecular weight is 477 g/mol. The highest BCUT2D eigenvalue weighted by Crippen LogP contribution is 2.47. The van der Waals surface area contributed by atoms with E-state index in [0.29, 0.717) is 13.0 Å². The van der Waals surface area contributed by atoms with Gasteiger partial charge in [0.05, 0.1) is 5.92 Å². The van der Waals surface area contributed by atoms with Crippen molar-refractivity contribution in [1.29, 1.82) is 0 Å². The van der Waals surface area contributed by atoms with Crippen molar-refractivity contribution in [3.8, 4) is 11.1 Å². The number of hydrogen-bond donors (Lipinski definition) is 2. The predicted molar refractivity (Wildman–Crippen MR) is 131 cm³/mol. The summed E-state index contributed by atoms with van der Waals surface area (Å²) in [7, 11) is 0. The molecule has 35 heavy (non-hydrogen) atoms. The van der Waals surface area contributed by atoms with Crippen LogP contribution in [0.1, 0.15) is 56.1 Å². The topological polar surface area (TPSA) is 95.9 Å². The summed E-state index contributed by atoms with van der Waals surface area (Å²) in [4.78, 5) is 38.9. The summed E-state index contributed by atoms with van der Waals surface area (Å²) in [6, 6.07) is 15.9. The molecule has 3 fully saturated rings. The first-order valence-electron chi connectivity index (χ1n) is 12.6. The molecular formula is C28H32N2O5. The van der Waals surface area contributed by atoms with Crippen molar-refractivity contribution in [1.82, 2.24) is 10.2 Å². The standard InChI is InChI=1S/C28H32N2O5/c1-2-3-8-18(14-25(31)30-15-17-13-24(30)26(17)27(32)33)29-28(34)35-16-23-21-11-6-4-9-19(21)20-10-5-7-12-22(20)23/h4-7,9-12,17-18,23-24,26H,2-3,8,13-16H2,1H3,(H,29,34)(H,32,33)/t17?,18-,24?,26?/m1/s1. The molecule has 1 saturated carbocycles. The van der Waals surface area contributed by atoms with Crippen molar-refractivity contribution in [3.05, 3.63) is 59.7 Å². The van der Waals surface area contributed by atoms with Crippen molar-refractivity contribution >= 4 is 18.0 Å². The Morgan fingerprint density at radius 3 is 2.34 bits per heavy atom. The molecule has 2 amide bonds. The van der Waals surface area contributed by atoms with Crippen LogP contribution in [0.4, 0.5) is 4.79 Å². The zero-order chi connectivity index (χ0) is 24.5. The highest BCUT2D eigenvalue weighted by molar-refractivity contribution is 5.82. The van der Waals surface area contributed by atoms with Crippen molar-refractivity contribution in [2.75, 3.05) is 13.2 Å². The van der Waals surface area contributed by atoms with Gasteiger partial charge in [0.1, 0.15) is 6.61 Å². The molecule has 0 aromatic heterocycles. The number of nitrogens with one attached hydrogen (secondary N) is 1. The summed E-state index contributed by atoms with van der Waals surface area (Å²) in [5, 5.41) is 12.3. The summed E-state index contributed by atoms with van der Waals surface area (Å²) in [5.74, 6) is -1.30. The van der Waals surface area contributed by atoms with Crippen LogP contribution in [-0.4, -0.2) is 53.2 Å². The number of ether oxygens (including phenoxy) is 1. The molecule has 6 rings (SSSR count). The molecule has 2 aliphatic heterocycles. The van der Waals surface area contributed by atoms with Gasteiger partial charge in [-0.1, -0.05) is 68.3 Å². The minimum absolute atomic E-state index is 0.0202. The number of aliphatic carboxylic acids is 1. The van der Waals surface area contributed by atoms with E-state index in [0.717, 1.165) is 30.4 Å². The van der Waals surface area contributed by atoms with Crippen molar-refractivity contribution in [3.63, 3.8) is 0 Å². The smallest absolute Gasteiger partial charge is 0.407 e. The van der Waals surface area contributed by atoms with Crippen molar-refractivity contribution in [2.45, 2.75) is 57.0 Å². The third kappa shape index (κ3) is 4.40. The Hall–Kier alpha value is -3.35. The number of amides is 2. The Morgan fingerprint density at radius 1 is 1.09 bits per heavy atom. The summed E-state index contributed by atoms with van der Waals surface area (Å²) in [5.41, 5.74) is 4.65. The van der Waals surface area contributed by atoms with E-state index in [1.54, 1.807) is 4.90 Å². The molecule has 0 spiro atoms. The maximum Gasteiger partial charge on any atom is 0.407 e. The molecule has 184 valence electrons. The van der Waals surface area contributed by atoms with E-state index in [4.69, 9.17) is 4.74 Å². The van der Waals surface area contributed by atoms with E-state index < -0.39 is 18.0 Å². The SMILES string of the molecule is CCCC[C@H](CC(=O)N1CC2CC1C2C(=O)O)NC(=O)OCC1c2ccccc2-c2ccccc21. The van der Waals surface area contributed by atoms with Crippen LogP contribution in [0.3, 0.4) is 0 Å². The van der Waals surface area contributed by atoms with Crippen LogP contribution in [0.25, 0.3) is 11.1 Å². The fourth-order valence-electron chi connectivity index (χ4n) is 6.08.